The molecular weight excluding hydrogens is 378 g/mol. The molecule has 0 aromatic heterocycles. The summed E-state index contributed by atoms with van der Waals surface area (Å²) in [7, 11) is 1.67. The molecule has 2 amide bonds. The summed E-state index contributed by atoms with van der Waals surface area (Å²) in [6, 6.07) is 23.4. The second kappa shape index (κ2) is 7.63. The minimum Gasteiger partial charge on any atom is -0.497 e. The second-order valence-electron chi connectivity index (χ2n) is 7.33. The van der Waals surface area contributed by atoms with Crippen molar-refractivity contribution >= 4 is 23.1 Å². The minimum absolute atomic E-state index is 0.0245. The number of anilines is 3. The van der Waals surface area contributed by atoms with E-state index >= 15 is 0 Å². The van der Waals surface area contributed by atoms with E-state index in [1.165, 1.54) is 0 Å². The predicted octanol–water partition coefficient (Wildman–Crippen LogP) is 4.88. The molecule has 152 valence electrons. The molecule has 2 aliphatic rings. The van der Waals surface area contributed by atoms with Crippen molar-refractivity contribution in [1.82, 2.24) is 4.90 Å². The number of para-hydroxylation sites is 4. The molecule has 2 aliphatic heterocycles. The van der Waals surface area contributed by atoms with Gasteiger partial charge in [0.25, 0.3) is 0 Å². The molecule has 0 unspecified atom stereocenters. The zero-order chi connectivity index (χ0) is 20.5. The van der Waals surface area contributed by atoms with Crippen LogP contribution in [0.25, 0.3) is 0 Å². The number of urea groups is 1. The van der Waals surface area contributed by atoms with Crippen molar-refractivity contribution in [2.75, 3.05) is 43.1 Å². The van der Waals surface area contributed by atoms with Crippen LogP contribution in [-0.2, 0) is 0 Å². The molecule has 1 fully saturated rings. The van der Waals surface area contributed by atoms with Gasteiger partial charge in [0.1, 0.15) is 5.75 Å². The number of ether oxygens (including phenoxy) is 2. The summed E-state index contributed by atoms with van der Waals surface area (Å²) in [6.45, 7) is 2.84. The van der Waals surface area contributed by atoms with Crippen LogP contribution in [0.3, 0.4) is 0 Å². The minimum atomic E-state index is -0.0245. The highest BCUT2D eigenvalue weighted by atomic mass is 16.5. The van der Waals surface area contributed by atoms with Crippen LogP contribution in [0.1, 0.15) is 0 Å². The van der Waals surface area contributed by atoms with Crippen molar-refractivity contribution in [2.24, 2.45) is 0 Å². The first kappa shape index (κ1) is 18.4. The molecule has 6 nitrogen and oxygen atoms in total. The van der Waals surface area contributed by atoms with Gasteiger partial charge in [-0.05, 0) is 36.4 Å². The van der Waals surface area contributed by atoms with Gasteiger partial charge < -0.3 is 19.3 Å². The van der Waals surface area contributed by atoms with E-state index < -0.39 is 0 Å². The summed E-state index contributed by atoms with van der Waals surface area (Å²) in [4.78, 5) is 19.6. The van der Waals surface area contributed by atoms with Gasteiger partial charge in [0, 0.05) is 37.9 Å². The fourth-order valence-corrected chi connectivity index (χ4v) is 4.02. The number of rotatable bonds is 2. The Bertz CT molecular complexity index is 1030. The number of fused-ring (bicyclic) bond motifs is 2. The normalized spacial score (nSPS) is 15.2. The van der Waals surface area contributed by atoms with E-state index in [1.807, 2.05) is 71.6 Å². The van der Waals surface area contributed by atoms with Gasteiger partial charge >= 0.3 is 6.03 Å². The molecule has 6 heteroatoms. The molecule has 0 spiro atoms. The van der Waals surface area contributed by atoms with Crippen molar-refractivity contribution < 1.29 is 14.3 Å². The Morgan fingerprint density at radius 1 is 0.833 bits per heavy atom. The summed E-state index contributed by atoms with van der Waals surface area (Å²) in [5, 5.41) is 0. The third kappa shape index (κ3) is 3.20. The maximum atomic E-state index is 13.6. The first-order valence-corrected chi connectivity index (χ1v) is 10.1. The standard InChI is InChI=1S/C24H23N3O3/c1-29-19-8-6-7-18(17-19)25-13-15-26(16-14-25)24(28)27-20-9-2-4-11-22(20)30-23-12-5-3-10-21(23)27/h2-12,17H,13-16H2,1H3. The van der Waals surface area contributed by atoms with Crippen molar-refractivity contribution in [1.29, 1.82) is 0 Å². The molecule has 0 atom stereocenters. The number of nitrogens with zero attached hydrogens (tertiary/aromatic N) is 3. The van der Waals surface area contributed by atoms with Crippen LogP contribution in [0.5, 0.6) is 17.2 Å². The number of benzene rings is 3. The van der Waals surface area contributed by atoms with Gasteiger partial charge in [-0.2, -0.15) is 0 Å². The van der Waals surface area contributed by atoms with Crippen molar-refractivity contribution in [2.45, 2.75) is 0 Å². The Hall–Kier alpha value is -3.67. The molecule has 1 saturated heterocycles. The van der Waals surface area contributed by atoms with Crippen molar-refractivity contribution in [3.05, 3.63) is 72.8 Å². The van der Waals surface area contributed by atoms with Crippen LogP contribution < -0.4 is 19.3 Å². The van der Waals surface area contributed by atoms with Crippen LogP contribution in [-0.4, -0.2) is 44.2 Å². The fraction of sp³-hybridized carbons (Fsp3) is 0.208. The van der Waals surface area contributed by atoms with E-state index in [9.17, 15) is 4.79 Å². The molecule has 3 aromatic rings. The topological polar surface area (TPSA) is 45.2 Å². The molecule has 0 aliphatic carbocycles. The largest absolute Gasteiger partial charge is 0.497 e. The van der Waals surface area contributed by atoms with E-state index in [0.717, 1.165) is 35.9 Å². The van der Waals surface area contributed by atoms with Gasteiger partial charge in [0.2, 0.25) is 0 Å². The third-order valence-corrected chi connectivity index (χ3v) is 5.59. The molecule has 2 heterocycles. The number of carbonyl (C=O) groups excluding carboxylic acids is 1. The van der Waals surface area contributed by atoms with Gasteiger partial charge in [-0.1, -0.05) is 30.3 Å². The quantitative estimate of drug-likeness (QED) is 0.614. The van der Waals surface area contributed by atoms with Crippen molar-refractivity contribution in [3.8, 4) is 17.2 Å². The Labute approximate surface area is 175 Å². The molecule has 3 aromatic carbocycles. The van der Waals surface area contributed by atoms with Gasteiger partial charge in [-0.25, -0.2) is 4.79 Å². The molecule has 0 radical (unpaired) electrons. The van der Waals surface area contributed by atoms with E-state index in [1.54, 1.807) is 12.0 Å². The average molecular weight is 401 g/mol. The number of hydrogen-bond acceptors (Lipinski definition) is 4. The Balaban J connectivity index is 1.37. The van der Waals surface area contributed by atoms with Gasteiger partial charge in [-0.15, -0.1) is 0 Å². The number of piperazine rings is 1. The first-order chi connectivity index (χ1) is 14.7. The van der Waals surface area contributed by atoms with E-state index in [4.69, 9.17) is 9.47 Å². The zero-order valence-corrected chi connectivity index (χ0v) is 16.8. The van der Waals surface area contributed by atoms with Gasteiger partial charge in [0.05, 0.1) is 18.5 Å². The molecule has 0 bridgehead atoms. The predicted molar refractivity (Wildman–Crippen MR) is 117 cm³/mol. The van der Waals surface area contributed by atoms with Crippen LogP contribution in [0.15, 0.2) is 72.8 Å². The average Bonchev–Trinajstić information content (AvgIpc) is 2.82. The Morgan fingerprint density at radius 3 is 2.10 bits per heavy atom. The summed E-state index contributed by atoms with van der Waals surface area (Å²) in [5.74, 6) is 2.23. The lowest BCUT2D eigenvalue weighted by atomic mass is 10.1. The van der Waals surface area contributed by atoms with Crippen LogP contribution in [0.2, 0.25) is 0 Å². The summed E-state index contributed by atoms with van der Waals surface area (Å²) in [6.07, 6.45) is 0. The van der Waals surface area contributed by atoms with E-state index in [2.05, 4.69) is 11.0 Å². The van der Waals surface area contributed by atoms with E-state index in [0.29, 0.717) is 24.6 Å². The smallest absolute Gasteiger partial charge is 0.329 e. The maximum absolute atomic E-state index is 13.6. The highest BCUT2D eigenvalue weighted by molar-refractivity contribution is 6.03. The van der Waals surface area contributed by atoms with Crippen LogP contribution >= 0.6 is 0 Å². The summed E-state index contributed by atoms with van der Waals surface area (Å²) < 4.78 is 11.4. The molecule has 0 saturated carbocycles. The first-order valence-electron chi connectivity index (χ1n) is 10.1. The molecule has 30 heavy (non-hydrogen) atoms. The fourth-order valence-electron chi connectivity index (χ4n) is 4.02. The lowest BCUT2D eigenvalue weighted by Gasteiger charge is -2.40. The lowest BCUT2D eigenvalue weighted by Crippen LogP contribution is -2.52. The van der Waals surface area contributed by atoms with Gasteiger partial charge in [0.15, 0.2) is 11.5 Å². The highest BCUT2D eigenvalue weighted by Crippen LogP contribution is 2.46. The van der Waals surface area contributed by atoms with Crippen molar-refractivity contribution in [3.63, 3.8) is 0 Å². The second-order valence-corrected chi connectivity index (χ2v) is 7.33. The monoisotopic (exact) mass is 401 g/mol. The zero-order valence-electron chi connectivity index (χ0n) is 16.8. The lowest BCUT2D eigenvalue weighted by molar-refractivity contribution is 0.203. The molecule has 0 N–H and O–H groups in total. The maximum Gasteiger partial charge on any atom is 0.329 e. The molecule has 5 rings (SSSR count). The third-order valence-electron chi connectivity index (χ3n) is 5.59. The SMILES string of the molecule is COc1cccc(N2CCN(C(=O)N3c4ccccc4Oc4ccccc43)CC2)c1. The molecular formula is C24H23N3O3. The Morgan fingerprint density at radius 2 is 1.47 bits per heavy atom. The van der Waals surface area contributed by atoms with E-state index in [-0.39, 0.29) is 6.03 Å². The number of methoxy groups -OCH3 is 1. The van der Waals surface area contributed by atoms with Gasteiger partial charge in [-0.3, -0.25) is 4.90 Å². The van der Waals surface area contributed by atoms with Crippen LogP contribution in [0.4, 0.5) is 21.9 Å². The number of amides is 2. The number of carbonyl (C=O) groups is 1. The number of hydrogen-bond donors (Lipinski definition) is 0. The summed E-state index contributed by atoms with van der Waals surface area (Å²) in [5.41, 5.74) is 2.66. The highest BCUT2D eigenvalue weighted by Gasteiger charge is 2.33. The Kier molecular flexibility index (Phi) is 4.67. The summed E-state index contributed by atoms with van der Waals surface area (Å²) >= 11 is 0. The van der Waals surface area contributed by atoms with Crippen LogP contribution in [0, 0.1) is 0 Å².